The molecule has 23 heavy (non-hydrogen) atoms. The highest BCUT2D eigenvalue weighted by molar-refractivity contribution is 6.30. The van der Waals surface area contributed by atoms with Crippen LogP contribution in [0.3, 0.4) is 0 Å². The quantitative estimate of drug-likeness (QED) is 0.622. The van der Waals surface area contributed by atoms with E-state index in [2.05, 4.69) is 10.9 Å². The summed E-state index contributed by atoms with van der Waals surface area (Å²) < 4.78 is 0. The predicted octanol–water partition coefficient (Wildman–Crippen LogP) is 1.37. The van der Waals surface area contributed by atoms with Gasteiger partial charge in [-0.15, -0.1) is 0 Å². The molecule has 2 rings (SSSR count). The summed E-state index contributed by atoms with van der Waals surface area (Å²) in [4.78, 5) is 23.8. The number of halogens is 1. The van der Waals surface area contributed by atoms with Gasteiger partial charge in [-0.2, -0.15) is 0 Å². The molecule has 1 aliphatic rings. The molecule has 1 aliphatic carbocycles. The summed E-state index contributed by atoms with van der Waals surface area (Å²) in [6, 6.07) is 5.69. The Kier molecular flexibility index (Phi) is 6.38. The summed E-state index contributed by atoms with van der Waals surface area (Å²) in [5.41, 5.74) is 10.8. The highest BCUT2D eigenvalue weighted by Crippen LogP contribution is 2.26. The third-order valence-electron chi connectivity index (χ3n) is 4.21. The van der Waals surface area contributed by atoms with Gasteiger partial charge in [-0.3, -0.25) is 20.4 Å². The van der Waals surface area contributed by atoms with Crippen molar-refractivity contribution in [3.05, 3.63) is 34.9 Å². The first-order chi connectivity index (χ1) is 11.0. The fraction of sp³-hybridized carbons (Fsp3) is 0.500. The molecule has 0 radical (unpaired) electrons. The fourth-order valence-electron chi connectivity index (χ4n) is 2.85. The lowest BCUT2D eigenvalue weighted by molar-refractivity contribution is -0.132. The van der Waals surface area contributed by atoms with Crippen molar-refractivity contribution in [2.24, 2.45) is 11.7 Å². The van der Waals surface area contributed by atoms with Crippen molar-refractivity contribution in [1.29, 1.82) is 0 Å². The molecule has 0 aromatic heterocycles. The van der Waals surface area contributed by atoms with Crippen LogP contribution < -0.4 is 16.6 Å². The van der Waals surface area contributed by atoms with Crippen LogP contribution in [0.4, 0.5) is 0 Å². The van der Waals surface area contributed by atoms with Crippen molar-refractivity contribution < 1.29 is 14.7 Å². The van der Waals surface area contributed by atoms with E-state index in [1.165, 1.54) is 12.5 Å². The molecular formula is C16H22ClN3O3. The van der Waals surface area contributed by atoms with Crippen LogP contribution in [0.1, 0.15) is 42.5 Å². The minimum atomic E-state index is -1.35. The molecule has 2 amide bonds. The van der Waals surface area contributed by atoms with E-state index in [4.69, 9.17) is 17.3 Å². The molecule has 0 heterocycles. The summed E-state index contributed by atoms with van der Waals surface area (Å²) >= 11 is 5.81. The number of hydrazine groups is 1. The predicted molar refractivity (Wildman–Crippen MR) is 87.6 cm³/mol. The zero-order valence-corrected chi connectivity index (χ0v) is 13.6. The van der Waals surface area contributed by atoms with Crippen molar-refractivity contribution in [2.45, 2.75) is 44.2 Å². The maximum atomic E-state index is 11.9. The van der Waals surface area contributed by atoms with E-state index in [-0.39, 0.29) is 5.92 Å². The monoisotopic (exact) mass is 339 g/mol. The first-order valence-electron chi connectivity index (χ1n) is 7.78. The molecule has 0 spiro atoms. The molecular weight excluding hydrogens is 318 g/mol. The molecule has 1 saturated carbocycles. The topological polar surface area (TPSA) is 104 Å². The summed E-state index contributed by atoms with van der Waals surface area (Å²) in [6.45, 7) is 0. The number of amides is 2. The Balaban J connectivity index is 1.84. The summed E-state index contributed by atoms with van der Waals surface area (Å²) in [5, 5.41) is 10.5. The fourth-order valence-corrected chi connectivity index (χ4v) is 3.04. The number of carbonyl (C=O) groups excluding carboxylic acids is 2. The number of benzene rings is 1. The lowest BCUT2D eigenvalue weighted by atomic mass is 9.82. The maximum Gasteiger partial charge on any atom is 0.269 e. The van der Waals surface area contributed by atoms with Gasteiger partial charge >= 0.3 is 0 Å². The van der Waals surface area contributed by atoms with Crippen LogP contribution in [0.25, 0.3) is 0 Å². The molecule has 1 aromatic carbocycles. The Labute approximate surface area is 140 Å². The number of aliphatic hydroxyl groups excluding tert-OH is 1. The molecule has 5 N–H and O–H groups in total. The minimum absolute atomic E-state index is 0.133. The van der Waals surface area contributed by atoms with Crippen molar-refractivity contribution in [3.8, 4) is 0 Å². The second-order valence-corrected chi connectivity index (χ2v) is 6.31. The van der Waals surface area contributed by atoms with Gasteiger partial charge in [-0.25, -0.2) is 0 Å². The van der Waals surface area contributed by atoms with Crippen molar-refractivity contribution in [1.82, 2.24) is 10.9 Å². The van der Waals surface area contributed by atoms with Gasteiger partial charge in [0.25, 0.3) is 11.8 Å². The number of rotatable bonds is 4. The molecule has 126 valence electrons. The van der Waals surface area contributed by atoms with Crippen molar-refractivity contribution in [2.75, 3.05) is 0 Å². The molecule has 1 aromatic rings. The van der Waals surface area contributed by atoms with Crippen LogP contribution in [0.15, 0.2) is 24.3 Å². The first kappa shape index (κ1) is 17.7. The minimum Gasteiger partial charge on any atom is -0.382 e. The van der Waals surface area contributed by atoms with Gasteiger partial charge in [-0.05, 0) is 37.0 Å². The number of hydrogen-bond acceptors (Lipinski definition) is 4. The third kappa shape index (κ3) is 4.92. The van der Waals surface area contributed by atoms with Crippen LogP contribution in [0.5, 0.6) is 0 Å². The standard InChI is InChI=1S/C16H22ClN3O3/c17-12-8-4-7-11(9-12)15(22)19-20-16(23)14(21)13(18)10-5-2-1-3-6-10/h4,7-10,13-14,21H,1-3,5-6,18H2,(H,19,22)(H,20,23)/t13-,14?/m1/s1. The van der Waals surface area contributed by atoms with Crippen molar-refractivity contribution >= 4 is 23.4 Å². The molecule has 2 atom stereocenters. The SMILES string of the molecule is N[C@H](C1CCCCC1)C(O)C(=O)NNC(=O)c1cccc(Cl)c1. The van der Waals surface area contributed by atoms with Gasteiger partial charge in [0.15, 0.2) is 0 Å². The van der Waals surface area contributed by atoms with Crippen molar-refractivity contribution in [3.63, 3.8) is 0 Å². The van der Waals surface area contributed by atoms with Crippen LogP contribution >= 0.6 is 11.6 Å². The van der Waals surface area contributed by atoms with E-state index >= 15 is 0 Å². The number of nitrogens with one attached hydrogen (secondary N) is 2. The molecule has 6 nitrogen and oxygen atoms in total. The highest BCUT2D eigenvalue weighted by Gasteiger charge is 2.30. The smallest absolute Gasteiger partial charge is 0.269 e. The molecule has 1 unspecified atom stereocenters. The first-order valence-corrected chi connectivity index (χ1v) is 8.16. The Morgan fingerprint density at radius 1 is 1.22 bits per heavy atom. The second-order valence-electron chi connectivity index (χ2n) is 5.87. The second kappa shape index (κ2) is 8.29. The zero-order valence-electron chi connectivity index (χ0n) is 12.8. The Morgan fingerprint density at radius 3 is 2.57 bits per heavy atom. The van der Waals surface area contributed by atoms with E-state index < -0.39 is 24.0 Å². The van der Waals surface area contributed by atoms with E-state index in [1.54, 1.807) is 18.2 Å². The summed E-state index contributed by atoms with van der Waals surface area (Å²) in [6.07, 6.45) is 3.79. The summed E-state index contributed by atoms with van der Waals surface area (Å²) in [5.74, 6) is -1.09. The number of carbonyl (C=O) groups is 2. The van der Waals surface area contributed by atoms with Gasteiger partial charge in [0, 0.05) is 16.6 Å². The van der Waals surface area contributed by atoms with Gasteiger partial charge in [0.1, 0.15) is 6.10 Å². The van der Waals surface area contributed by atoms with Crippen LogP contribution in [-0.4, -0.2) is 29.1 Å². The van der Waals surface area contributed by atoms with Gasteiger partial charge in [-0.1, -0.05) is 36.9 Å². The van der Waals surface area contributed by atoms with E-state index in [1.807, 2.05) is 0 Å². The molecule has 0 bridgehead atoms. The van der Waals surface area contributed by atoms with Crippen LogP contribution in [0, 0.1) is 5.92 Å². The Morgan fingerprint density at radius 2 is 1.91 bits per heavy atom. The van der Waals surface area contributed by atoms with E-state index in [0.717, 1.165) is 25.7 Å². The van der Waals surface area contributed by atoms with Gasteiger partial charge < -0.3 is 10.8 Å². The summed E-state index contributed by atoms with van der Waals surface area (Å²) in [7, 11) is 0. The van der Waals surface area contributed by atoms with Crippen LogP contribution in [0.2, 0.25) is 5.02 Å². The van der Waals surface area contributed by atoms with E-state index in [0.29, 0.717) is 10.6 Å². The van der Waals surface area contributed by atoms with Gasteiger partial charge in [0.2, 0.25) is 0 Å². The number of hydrogen-bond donors (Lipinski definition) is 4. The normalized spacial score (nSPS) is 18.0. The van der Waals surface area contributed by atoms with Gasteiger partial charge in [0.05, 0.1) is 0 Å². The highest BCUT2D eigenvalue weighted by atomic mass is 35.5. The largest absolute Gasteiger partial charge is 0.382 e. The Bertz CT molecular complexity index is 561. The lowest BCUT2D eigenvalue weighted by Crippen LogP contribution is -2.54. The van der Waals surface area contributed by atoms with E-state index in [9.17, 15) is 14.7 Å². The molecule has 0 saturated heterocycles. The number of nitrogens with two attached hydrogens (primary N) is 1. The molecule has 7 heteroatoms. The lowest BCUT2D eigenvalue weighted by Gasteiger charge is -2.30. The number of aliphatic hydroxyl groups is 1. The average molecular weight is 340 g/mol. The molecule has 1 fully saturated rings. The zero-order chi connectivity index (χ0) is 16.8. The average Bonchev–Trinajstić information content (AvgIpc) is 2.58. The van der Waals surface area contributed by atoms with Crippen LogP contribution in [-0.2, 0) is 4.79 Å². The maximum absolute atomic E-state index is 11.9. The molecule has 0 aliphatic heterocycles. The Hall–Kier alpha value is -1.63. The third-order valence-corrected chi connectivity index (χ3v) is 4.45.